The Hall–Kier alpha value is -2.40. The zero-order valence-corrected chi connectivity index (χ0v) is 10.4. The minimum Gasteiger partial charge on any atom is -0.482 e. The summed E-state index contributed by atoms with van der Waals surface area (Å²) >= 11 is 0. The Labute approximate surface area is 111 Å². The number of rotatable bonds is 5. The summed E-state index contributed by atoms with van der Waals surface area (Å²) in [6.07, 6.45) is 3.20. The van der Waals surface area contributed by atoms with Crippen molar-refractivity contribution in [3.8, 4) is 5.75 Å². The van der Waals surface area contributed by atoms with E-state index in [0.717, 1.165) is 5.56 Å². The van der Waals surface area contributed by atoms with Gasteiger partial charge < -0.3 is 15.8 Å². The molecule has 1 heterocycles. The maximum Gasteiger partial charge on any atom is 0.262 e. The molecule has 3 N–H and O–H groups in total. The zero-order chi connectivity index (χ0) is 13.5. The van der Waals surface area contributed by atoms with Crippen LogP contribution in [0.5, 0.6) is 5.75 Å². The van der Waals surface area contributed by atoms with Crippen molar-refractivity contribution in [1.29, 1.82) is 0 Å². The molecule has 1 amide bonds. The van der Waals surface area contributed by atoms with E-state index in [9.17, 15) is 4.79 Å². The molecule has 0 atom stereocenters. The van der Waals surface area contributed by atoms with Gasteiger partial charge in [-0.05, 0) is 23.8 Å². The summed E-state index contributed by atoms with van der Waals surface area (Å²) in [5.74, 6) is 0.328. The number of anilines is 1. The van der Waals surface area contributed by atoms with Gasteiger partial charge in [0.1, 0.15) is 5.75 Å². The predicted molar refractivity (Wildman–Crippen MR) is 72.7 cm³/mol. The van der Waals surface area contributed by atoms with E-state index in [1.165, 1.54) is 0 Å². The number of carbonyl (C=O) groups excluding carboxylic acids is 1. The van der Waals surface area contributed by atoms with Gasteiger partial charge in [-0.2, -0.15) is 0 Å². The van der Waals surface area contributed by atoms with Crippen molar-refractivity contribution in [2.75, 3.05) is 11.9 Å². The molecule has 0 aliphatic heterocycles. The molecule has 0 spiro atoms. The molecule has 19 heavy (non-hydrogen) atoms. The fraction of sp³-hybridized carbons (Fsp3) is 0.143. The Morgan fingerprint density at radius 1 is 1.26 bits per heavy atom. The van der Waals surface area contributed by atoms with E-state index < -0.39 is 0 Å². The van der Waals surface area contributed by atoms with Crippen LogP contribution in [0.1, 0.15) is 5.56 Å². The van der Waals surface area contributed by atoms with Crippen LogP contribution in [0.15, 0.2) is 48.8 Å². The largest absolute Gasteiger partial charge is 0.482 e. The van der Waals surface area contributed by atoms with E-state index in [0.29, 0.717) is 18.0 Å². The van der Waals surface area contributed by atoms with Crippen molar-refractivity contribution in [1.82, 2.24) is 4.98 Å². The van der Waals surface area contributed by atoms with Crippen LogP contribution >= 0.6 is 0 Å². The van der Waals surface area contributed by atoms with Crippen molar-refractivity contribution >= 4 is 11.6 Å². The maximum absolute atomic E-state index is 11.8. The average molecular weight is 257 g/mol. The van der Waals surface area contributed by atoms with E-state index in [4.69, 9.17) is 10.5 Å². The molecule has 1 aromatic carbocycles. The van der Waals surface area contributed by atoms with Crippen molar-refractivity contribution in [2.45, 2.75) is 6.54 Å². The van der Waals surface area contributed by atoms with Crippen molar-refractivity contribution in [3.63, 3.8) is 0 Å². The third kappa shape index (κ3) is 3.79. The molecule has 0 saturated carbocycles. The molecule has 0 aliphatic rings. The lowest BCUT2D eigenvalue weighted by atomic mass is 10.2. The first-order chi connectivity index (χ1) is 9.29. The van der Waals surface area contributed by atoms with Crippen molar-refractivity contribution in [2.24, 2.45) is 5.73 Å². The number of pyridine rings is 1. The summed E-state index contributed by atoms with van der Waals surface area (Å²) in [5.41, 5.74) is 7.20. The maximum atomic E-state index is 11.8. The van der Waals surface area contributed by atoms with E-state index >= 15 is 0 Å². The first-order valence-corrected chi connectivity index (χ1v) is 5.90. The third-order valence-corrected chi connectivity index (χ3v) is 2.52. The van der Waals surface area contributed by atoms with Gasteiger partial charge in [0.15, 0.2) is 6.61 Å². The SMILES string of the molecule is NCc1ccccc1NC(=O)COc1cccnc1. The molecule has 0 fully saturated rings. The lowest BCUT2D eigenvalue weighted by Gasteiger charge is -2.10. The molecule has 1 aromatic heterocycles. The quantitative estimate of drug-likeness (QED) is 0.852. The Morgan fingerprint density at radius 3 is 2.84 bits per heavy atom. The van der Waals surface area contributed by atoms with Gasteiger partial charge in [0.2, 0.25) is 0 Å². The van der Waals surface area contributed by atoms with Crippen LogP contribution in [0.25, 0.3) is 0 Å². The average Bonchev–Trinajstić information content (AvgIpc) is 2.47. The number of benzene rings is 1. The Bertz CT molecular complexity index is 543. The molecule has 0 unspecified atom stereocenters. The molecule has 98 valence electrons. The first-order valence-electron chi connectivity index (χ1n) is 5.90. The molecule has 0 saturated heterocycles. The van der Waals surface area contributed by atoms with Crippen LogP contribution in [-0.4, -0.2) is 17.5 Å². The molecule has 2 rings (SSSR count). The molecular formula is C14H15N3O2. The monoisotopic (exact) mass is 257 g/mol. The van der Waals surface area contributed by atoms with E-state index in [1.54, 1.807) is 24.5 Å². The van der Waals surface area contributed by atoms with Gasteiger partial charge in [0, 0.05) is 18.4 Å². The Morgan fingerprint density at radius 2 is 2.11 bits per heavy atom. The number of carbonyl (C=O) groups is 1. The summed E-state index contributed by atoms with van der Waals surface area (Å²) in [5, 5.41) is 2.77. The number of nitrogens with zero attached hydrogens (tertiary/aromatic N) is 1. The topological polar surface area (TPSA) is 77.2 Å². The Balaban J connectivity index is 1.91. The molecule has 5 nitrogen and oxygen atoms in total. The lowest BCUT2D eigenvalue weighted by molar-refractivity contribution is -0.118. The van der Waals surface area contributed by atoms with Gasteiger partial charge in [-0.3, -0.25) is 9.78 Å². The second-order valence-corrected chi connectivity index (χ2v) is 3.89. The number of nitrogens with one attached hydrogen (secondary N) is 1. The van der Waals surface area contributed by atoms with Crippen LogP contribution in [-0.2, 0) is 11.3 Å². The number of hydrogen-bond donors (Lipinski definition) is 2. The van der Waals surface area contributed by atoms with Crippen LogP contribution in [0.4, 0.5) is 5.69 Å². The van der Waals surface area contributed by atoms with Crippen LogP contribution in [0.2, 0.25) is 0 Å². The predicted octanol–water partition coefficient (Wildman–Crippen LogP) is 1.56. The van der Waals surface area contributed by atoms with Crippen molar-refractivity contribution in [3.05, 3.63) is 54.4 Å². The zero-order valence-electron chi connectivity index (χ0n) is 10.4. The smallest absolute Gasteiger partial charge is 0.262 e. The van der Waals surface area contributed by atoms with E-state index in [2.05, 4.69) is 10.3 Å². The summed E-state index contributed by atoms with van der Waals surface area (Å²) in [6.45, 7) is 0.310. The van der Waals surface area contributed by atoms with Gasteiger partial charge in [-0.1, -0.05) is 18.2 Å². The summed E-state index contributed by atoms with van der Waals surface area (Å²) in [6, 6.07) is 10.9. The highest BCUT2D eigenvalue weighted by molar-refractivity contribution is 5.92. The highest BCUT2D eigenvalue weighted by Gasteiger charge is 2.06. The van der Waals surface area contributed by atoms with Crippen LogP contribution < -0.4 is 15.8 Å². The minimum absolute atomic E-state index is 0.0649. The number of para-hydroxylation sites is 1. The Kier molecular flexibility index (Phi) is 4.47. The second kappa shape index (κ2) is 6.51. The molecule has 0 aliphatic carbocycles. The van der Waals surface area contributed by atoms with Gasteiger partial charge >= 0.3 is 0 Å². The van der Waals surface area contributed by atoms with Crippen LogP contribution in [0.3, 0.4) is 0 Å². The number of nitrogens with two attached hydrogens (primary N) is 1. The van der Waals surface area contributed by atoms with Gasteiger partial charge in [-0.15, -0.1) is 0 Å². The van der Waals surface area contributed by atoms with Gasteiger partial charge in [0.25, 0.3) is 5.91 Å². The second-order valence-electron chi connectivity index (χ2n) is 3.89. The minimum atomic E-state index is -0.232. The highest BCUT2D eigenvalue weighted by atomic mass is 16.5. The molecule has 5 heteroatoms. The van der Waals surface area contributed by atoms with Gasteiger partial charge in [-0.25, -0.2) is 0 Å². The summed E-state index contributed by atoms with van der Waals surface area (Å²) in [4.78, 5) is 15.7. The lowest BCUT2D eigenvalue weighted by Crippen LogP contribution is -2.21. The number of ether oxygens (including phenoxy) is 1. The molecule has 0 radical (unpaired) electrons. The molecule has 2 aromatic rings. The van der Waals surface area contributed by atoms with Gasteiger partial charge in [0.05, 0.1) is 6.20 Å². The van der Waals surface area contributed by atoms with Crippen LogP contribution in [0, 0.1) is 0 Å². The fourth-order valence-electron chi connectivity index (χ4n) is 1.59. The third-order valence-electron chi connectivity index (χ3n) is 2.52. The highest BCUT2D eigenvalue weighted by Crippen LogP contribution is 2.14. The fourth-order valence-corrected chi connectivity index (χ4v) is 1.59. The summed E-state index contributed by atoms with van der Waals surface area (Å²) in [7, 11) is 0. The first kappa shape index (κ1) is 13.0. The molecular weight excluding hydrogens is 242 g/mol. The van der Waals surface area contributed by atoms with Crippen molar-refractivity contribution < 1.29 is 9.53 Å². The standard InChI is InChI=1S/C14H15N3O2/c15-8-11-4-1-2-6-13(11)17-14(18)10-19-12-5-3-7-16-9-12/h1-7,9H,8,10,15H2,(H,17,18). The number of aromatic nitrogens is 1. The molecule has 0 bridgehead atoms. The van der Waals surface area contributed by atoms with E-state index in [-0.39, 0.29) is 12.5 Å². The number of hydrogen-bond acceptors (Lipinski definition) is 4. The normalized spacial score (nSPS) is 9.95. The summed E-state index contributed by atoms with van der Waals surface area (Å²) < 4.78 is 5.31. The number of amides is 1. The van der Waals surface area contributed by atoms with E-state index in [1.807, 2.05) is 24.3 Å².